The number of nitrogens with one attached hydrogen (secondary N) is 3. The van der Waals surface area contributed by atoms with Crippen LogP contribution in [0.5, 0.6) is 5.88 Å². The summed E-state index contributed by atoms with van der Waals surface area (Å²) in [6.07, 6.45) is 3.28. The summed E-state index contributed by atoms with van der Waals surface area (Å²) in [7, 11) is 0. The maximum atomic E-state index is 13.6. The van der Waals surface area contributed by atoms with Crippen LogP contribution in [0, 0.1) is 0 Å². The molecule has 16 nitrogen and oxygen atoms in total. The molecule has 3 aliphatic rings. The van der Waals surface area contributed by atoms with Crippen molar-refractivity contribution in [3.63, 3.8) is 0 Å². The highest BCUT2D eigenvalue weighted by molar-refractivity contribution is 5.96. The van der Waals surface area contributed by atoms with Crippen molar-refractivity contribution in [3.8, 4) is 11.6 Å². The number of rotatable bonds is 12. The third-order valence-corrected chi connectivity index (χ3v) is 8.85. The number of piperazine rings is 1. The van der Waals surface area contributed by atoms with Crippen LogP contribution in [0.1, 0.15) is 55.9 Å². The smallest absolute Gasteiger partial charge is 0.407 e. The third kappa shape index (κ3) is 8.41. The minimum absolute atomic E-state index is 0.0757. The first kappa shape index (κ1) is 34.2. The molecular weight excluding hydrogens is 624 g/mol. The van der Waals surface area contributed by atoms with Gasteiger partial charge in [0.25, 0.3) is 11.8 Å². The monoisotopic (exact) mass is 666 g/mol. The zero-order valence-electron chi connectivity index (χ0n) is 26.9. The van der Waals surface area contributed by atoms with Crippen molar-refractivity contribution >= 4 is 35.6 Å². The Morgan fingerprint density at radius 3 is 2.31 bits per heavy atom. The lowest BCUT2D eigenvalue weighted by atomic mass is 9.93. The van der Waals surface area contributed by atoms with Gasteiger partial charge in [0.15, 0.2) is 12.3 Å². The van der Waals surface area contributed by atoms with Gasteiger partial charge in [-0.1, -0.05) is 18.2 Å². The zero-order valence-corrected chi connectivity index (χ0v) is 26.9. The third-order valence-electron chi connectivity index (χ3n) is 8.85. The predicted molar refractivity (Wildman–Crippen MR) is 170 cm³/mol. The van der Waals surface area contributed by atoms with E-state index in [1.807, 2.05) is 6.07 Å². The van der Waals surface area contributed by atoms with E-state index in [-0.39, 0.29) is 81.1 Å². The van der Waals surface area contributed by atoms with Gasteiger partial charge in [-0.3, -0.25) is 24.0 Å². The molecule has 5 rings (SSSR count). The maximum absolute atomic E-state index is 13.6. The molecule has 0 bridgehead atoms. The van der Waals surface area contributed by atoms with Gasteiger partial charge in [0, 0.05) is 58.3 Å². The minimum Gasteiger partial charge on any atom is -0.467 e. The molecule has 2 atom stereocenters. The lowest BCUT2D eigenvalue weighted by molar-refractivity contribution is -0.140. The summed E-state index contributed by atoms with van der Waals surface area (Å²) in [4.78, 5) is 80.2. The number of amides is 6. The van der Waals surface area contributed by atoms with Crippen molar-refractivity contribution in [2.24, 2.45) is 0 Å². The molecule has 1 aromatic heterocycles. The van der Waals surface area contributed by atoms with Crippen molar-refractivity contribution < 1.29 is 38.6 Å². The Labute approximate surface area is 277 Å². The SMILES string of the molecule is CC(=O)NCC[C@H](NC(=O)c1cc(OCC(=O)N2CCC[C@H]2C(=O)NC2CCC2)n(-c2ccccc2)n1)C(=O)N1CCN(C(=O)O)CC1. The van der Waals surface area contributed by atoms with E-state index in [1.165, 1.54) is 32.4 Å². The second-order valence-corrected chi connectivity index (χ2v) is 12.2. The molecule has 0 unspecified atom stereocenters. The summed E-state index contributed by atoms with van der Waals surface area (Å²) in [5.74, 6) is -1.78. The molecule has 0 radical (unpaired) electrons. The van der Waals surface area contributed by atoms with Crippen LogP contribution in [0.15, 0.2) is 36.4 Å². The van der Waals surface area contributed by atoms with Gasteiger partial charge in [-0.15, -0.1) is 0 Å². The number of aromatic nitrogens is 2. The Morgan fingerprint density at radius 2 is 1.67 bits per heavy atom. The van der Waals surface area contributed by atoms with Crippen molar-refractivity contribution in [1.29, 1.82) is 0 Å². The van der Waals surface area contributed by atoms with Crippen molar-refractivity contribution in [2.75, 3.05) is 45.9 Å². The Hall–Kier alpha value is -5.15. The first-order chi connectivity index (χ1) is 23.1. The second kappa shape index (κ2) is 15.6. The summed E-state index contributed by atoms with van der Waals surface area (Å²) >= 11 is 0. The maximum Gasteiger partial charge on any atom is 0.407 e. The van der Waals surface area contributed by atoms with Crippen LogP contribution >= 0.6 is 0 Å². The highest BCUT2D eigenvalue weighted by Gasteiger charge is 2.36. The summed E-state index contributed by atoms with van der Waals surface area (Å²) in [6.45, 7) is 2.11. The van der Waals surface area contributed by atoms with Gasteiger partial charge in [-0.05, 0) is 50.7 Å². The molecule has 3 fully saturated rings. The lowest BCUT2D eigenvalue weighted by Crippen LogP contribution is -2.56. The van der Waals surface area contributed by atoms with Gasteiger partial charge < -0.3 is 40.5 Å². The summed E-state index contributed by atoms with van der Waals surface area (Å²) in [5.41, 5.74) is 0.487. The predicted octanol–water partition coefficient (Wildman–Crippen LogP) is 0.358. The second-order valence-electron chi connectivity index (χ2n) is 12.2. The van der Waals surface area contributed by atoms with Crippen molar-refractivity contribution in [3.05, 3.63) is 42.1 Å². The van der Waals surface area contributed by atoms with Crippen LogP contribution in [-0.4, -0.2) is 129 Å². The molecule has 1 saturated carbocycles. The zero-order chi connectivity index (χ0) is 34.2. The average Bonchev–Trinajstić information content (AvgIpc) is 3.73. The molecule has 2 aliphatic heterocycles. The van der Waals surface area contributed by atoms with E-state index < -0.39 is 30.0 Å². The Kier molecular flexibility index (Phi) is 11.1. The molecule has 6 amide bonds. The largest absolute Gasteiger partial charge is 0.467 e. The number of para-hydroxylation sites is 1. The fourth-order valence-corrected chi connectivity index (χ4v) is 5.96. The van der Waals surface area contributed by atoms with Gasteiger partial charge in [0.2, 0.25) is 23.6 Å². The number of carbonyl (C=O) groups excluding carboxylic acids is 5. The number of hydrogen-bond donors (Lipinski definition) is 4. The standard InChI is InChI=1S/C32H42N8O8/c1-21(41)33-13-12-24(31(45)37-15-17-38(18-16-37)32(46)47)35-29(43)25-19-28(40(36-25)23-9-3-2-4-10-23)48-20-27(42)39-14-6-11-26(39)30(44)34-22-7-5-8-22/h2-4,9-10,19,22,24,26H,5-8,11-18,20H2,1H3,(H,33,41)(H,34,44)(H,35,43)(H,46,47)/t24-,26-/m0/s1. The van der Waals surface area contributed by atoms with Crippen LogP contribution in [0.2, 0.25) is 0 Å². The molecule has 258 valence electrons. The van der Waals surface area contributed by atoms with E-state index in [9.17, 15) is 33.9 Å². The van der Waals surface area contributed by atoms with Gasteiger partial charge in [-0.25, -0.2) is 9.48 Å². The van der Waals surface area contributed by atoms with Crippen LogP contribution in [0.25, 0.3) is 5.69 Å². The van der Waals surface area contributed by atoms with E-state index >= 15 is 0 Å². The first-order valence-electron chi connectivity index (χ1n) is 16.3. The number of likely N-dealkylation sites (tertiary alicyclic amines) is 1. The van der Waals surface area contributed by atoms with Crippen LogP contribution in [0.4, 0.5) is 4.79 Å². The van der Waals surface area contributed by atoms with Gasteiger partial charge in [-0.2, -0.15) is 5.10 Å². The average molecular weight is 667 g/mol. The minimum atomic E-state index is -1.07. The molecule has 16 heteroatoms. The molecule has 2 saturated heterocycles. The summed E-state index contributed by atoms with van der Waals surface area (Å²) in [5, 5.41) is 22.1. The number of hydrogen-bond acceptors (Lipinski definition) is 8. The van der Waals surface area contributed by atoms with E-state index in [4.69, 9.17) is 4.74 Å². The van der Waals surface area contributed by atoms with Gasteiger partial charge in [0.1, 0.15) is 12.1 Å². The quantitative estimate of drug-likeness (QED) is 0.247. The first-order valence-corrected chi connectivity index (χ1v) is 16.3. The Balaban J connectivity index is 1.29. The number of carbonyl (C=O) groups is 6. The molecule has 48 heavy (non-hydrogen) atoms. The molecule has 1 aromatic carbocycles. The molecular formula is C32H42N8O8. The Morgan fingerprint density at radius 1 is 0.958 bits per heavy atom. The summed E-state index contributed by atoms with van der Waals surface area (Å²) < 4.78 is 7.31. The van der Waals surface area contributed by atoms with Crippen LogP contribution in [0.3, 0.4) is 0 Å². The fourth-order valence-electron chi connectivity index (χ4n) is 5.96. The van der Waals surface area contributed by atoms with Gasteiger partial charge in [0.05, 0.1) is 5.69 Å². The topological polar surface area (TPSA) is 196 Å². The molecule has 3 heterocycles. The van der Waals surface area contributed by atoms with E-state index in [1.54, 1.807) is 24.3 Å². The normalized spacial score (nSPS) is 18.4. The van der Waals surface area contributed by atoms with Crippen LogP contribution in [-0.2, 0) is 19.2 Å². The van der Waals surface area contributed by atoms with E-state index in [0.717, 1.165) is 19.3 Å². The molecule has 0 spiro atoms. The number of ether oxygens (including phenoxy) is 1. The van der Waals surface area contributed by atoms with E-state index in [0.29, 0.717) is 25.1 Å². The van der Waals surface area contributed by atoms with Crippen molar-refractivity contribution in [2.45, 2.75) is 63.6 Å². The van der Waals surface area contributed by atoms with Crippen LogP contribution < -0.4 is 20.7 Å². The fraction of sp³-hybridized carbons (Fsp3) is 0.531. The van der Waals surface area contributed by atoms with Crippen molar-refractivity contribution in [1.82, 2.24) is 40.4 Å². The molecule has 2 aromatic rings. The number of nitrogens with zero attached hydrogens (tertiary/aromatic N) is 5. The van der Waals surface area contributed by atoms with Gasteiger partial charge >= 0.3 is 6.09 Å². The number of carboxylic acid groups (broad SMARTS) is 1. The summed E-state index contributed by atoms with van der Waals surface area (Å²) in [6, 6.07) is 8.83. The lowest BCUT2D eigenvalue weighted by Gasteiger charge is -2.35. The molecule has 4 N–H and O–H groups in total. The highest BCUT2D eigenvalue weighted by atomic mass is 16.5. The number of benzene rings is 1. The van der Waals surface area contributed by atoms with E-state index in [2.05, 4.69) is 21.0 Å². The highest BCUT2D eigenvalue weighted by Crippen LogP contribution is 2.24. The Bertz CT molecular complexity index is 1500. The molecule has 1 aliphatic carbocycles.